The molecule has 0 saturated carbocycles. The molecule has 98 valence electrons. The number of benzene rings is 1. The van der Waals surface area contributed by atoms with Crippen LogP contribution in [-0.2, 0) is 11.2 Å². The molecule has 1 heterocycles. The lowest BCUT2D eigenvalue weighted by Gasteiger charge is -2.05. The van der Waals surface area contributed by atoms with Crippen LogP contribution in [0.1, 0.15) is 5.56 Å². The number of halogens is 3. The third kappa shape index (κ3) is 3.69. The van der Waals surface area contributed by atoms with Crippen molar-refractivity contribution >= 4 is 23.3 Å². The quantitative estimate of drug-likeness (QED) is 0.942. The average Bonchev–Trinajstić information content (AvgIpc) is 2.33. The van der Waals surface area contributed by atoms with E-state index >= 15 is 0 Å². The fourth-order valence-corrected chi connectivity index (χ4v) is 1.57. The van der Waals surface area contributed by atoms with E-state index in [-0.39, 0.29) is 23.0 Å². The van der Waals surface area contributed by atoms with Gasteiger partial charge < -0.3 is 5.32 Å². The summed E-state index contributed by atoms with van der Waals surface area (Å²) in [5.74, 6) is -1.79. The molecule has 2 aromatic rings. The number of nitrogens with zero attached hydrogens (tertiary/aromatic N) is 2. The first-order valence-electron chi connectivity index (χ1n) is 5.26. The Bertz CT molecular complexity index is 622. The first-order chi connectivity index (χ1) is 9.04. The predicted octanol–water partition coefficient (Wildman–Crippen LogP) is 2.59. The molecule has 0 fully saturated rings. The SMILES string of the molecule is O=C(Cc1ccc(F)cc1F)Nc1cncc(Cl)n1. The lowest BCUT2D eigenvalue weighted by atomic mass is 10.1. The van der Waals surface area contributed by atoms with Gasteiger partial charge in [0.2, 0.25) is 5.91 Å². The van der Waals surface area contributed by atoms with Crippen molar-refractivity contribution in [2.75, 3.05) is 5.32 Å². The minimum atomic E-state index is -0.771. The third-order valence-electron chi connectivity index (χ3n) is 2.24. The Balaban J connectivity index is 2.05. The molecule has 1 aromatic carbocycles. The lowest BCUT2D eigenvalue weighted by Crippen LogP contribution is -2.16. The number of aromatic nitrogens is 2. The number of nitrogens with one attached hydrogen (secondary N) is 1. The van der Waals surface area contributed by atoms with Gasteiger partial charge in [-0.05, 0) is 11.6 Å². The summed E-state index contributed by atoms with van der Waals surface area (Å²) in [5, 5.41) is 2.55. The van der Waals surface area contributed by atoms with Crippen molar-refractivity contribution < 1.29 is 13.6 Å². The van der Waals surface area contributed by atoms with E-state index in [2.05, 4.69) is 15.3 Å². The van der Waals surface area contributed by atoms with Crippen LogP contribution in [0.3, 0.4) is 0 Å². The number of carbonyl (C=O) groups is 1. The summed E-state index contributed by atoms with van der Waals surface area (Å²) in [6, 6.07) is 3.03. The lowest BCUT2D eigenvalue weighted by molar-refractivity contribution is -0.115. The zero-order valence-electron chi connectivity index (χ0n) is 9.53. The van der Waals surface area contributed by atoms with Gasteiger partial charge in [0.05, 0.1) is 18.8 Å². The van der Waals surface area contributed by atoms with Crippen LogP contribution >= 0.6 is 11.6 Å². The van der Waals surface area contributed by atoms with Crippen molar-refractivity contribution in [3.8, 4) is 0 Å². The second kappa shape index (κ2) is 5.71. The van der Waals surface area contributed by atoms with Crippen molar-refractivity contribution in [2.24, 2.45) is 0 Å². The molecule has 4 nitrogen and oxygen atoms in total. The molecular weight excluding hydrogens is 276 g/mol. The Morgan fingerprint density at radius 1 is 1.32 bits per heavy atom. The molecule has 0 bridgehead atoms. The maximum absolute atomic E-state index is 13.3. The first kappa shape index (κ1) is 13.4. The van der Waals surface area contributed by atoms with Gasteiger partial charge in [-0.3, -0.25) is 9.78 Å². The van der Waals surface area contributed by atoms with Gasteiger partial charge in [-0.1, -0.05) is 17.7 Å². The molecule has 0 unspecified atom stereocenters. The van der Waals surface area contributed by atoms with Crippen molar-refractivity contribution in [2.45, 2.75) is 6.42 Å². The van der Waals surface area contributed by atoms with Crippen molar-refractivity contribution in [3.05, 3.63) is 52.9 Å². The summed E-state index contributed by atoms with van der Waals surface area (Å²) in [4.78, 5) is 19.2. The van der Waals surface area contributed by atoms with Crippen LogP contribution in [0.2, 0.25) is 5.15 Å². The molecule has 19 heavy (non-hydrogen) atoms. The topological polar surface area (TPSA) is 54.9 Å². The average molecular weight is 284 g/mol. The molecule has 1 amide bonds. The fraction of sp³-hybridized carbons (Fsp3) is 0.0833. The van der Waals surface area contributed by atoms with Gasteiger partial charge in [-0.2, -0.15) is 0 Å². The van der Waals surface area contributed by atoms with Crippen LogP contribution in [0.4, 0.5) is 14.6 Å². The second-order valence-electron chi connectivity index (χ2n) is 3.69. The van der Waals surface area contributed by atoms with Crippen LogP contribution < -0.4 is 5.32 Å². The fourth-order valence-electron chi connectivity index (χ4n) is 1.43. The highest BCUT2D eigenvalue weighted by molar-refractivity contribution is 6.29. The van der Waals surface area contributed by atoms with E-state index < -0.39 is 17.5 Å². The normalized spacial score (nSPS) is 10.3. The van der Waals surface area contributed by atoms with Crippen LogP contribution in [0.15, 0.2) is 30.6 Å². The smallest absolute Gasteiger partial charge is 0.230 e. The van der Waals surface area contributed by atoms with Gasteiger partial charge >= 0.3 is 0 Å². The molecule has 0 aliphatic heterocycles. The molecule has 1 N–H and O–H groups in total. The molecule has 2 rings (SSSR count). The van der Waals surface area contributed by atoms with Crippen LogP contribution in [0.25, 0.3) is 0 Å². The van der Waals surface area contributed by atoms with Crippen LogP contribution in [0.5, 0.6) is 0 Å². The van der Waals surface area contributed by atoms with E-state index in [1.165, 1.54) is 18.5 Å². The minimum Gasteiger partial charge on any atom is -0.309 e. The van der Waals surface area contributed by atoms with Crippen molar-refractivity contribution in [1.29, 1.82) is 0 Å². The molecular formula is C12H8ClF2N3O. The monoisotopic (exact) mass is 283 g/mol. The minimum absolute atomic E-state index is 0.0916. The van der Waals surface area contributed by atoms with Gasteiger partial charge in [-0.25, -0.2) is 13.8 Å². The molecule has 0 radical (unpaired) electrons. The molecule has 0 atom stereocenters. The Labute approximate surface area is 112 Å². The molecule has 0 aliphatic carbocycles. The zero-order chi connectivity index (χ0) is 13.8. The van der Waals surface area contributed by atoms with Gasteiger partial charge in [0.25, 0.3) is 0 Å². The summed E-state index contributed by atoms with van der Waals surface area (Å²) in [7, 11) is 0. The van der Waals surface area contributed by atoms with Gasteiger partial charge in [-0.15, -0.1) is 0 Å². The maximum Gasteiger partial charge on any atom is 0.230 e. The standard InChI is InChI=1S/C12H8ClF2N3O/c13-10-5-16-6-11(17-10)18-12(19)3-7-1-2-8(14)4-9(7)15/h1-2,4-6H,3H2,(H,17,18,19). The van der Waals surface area contributed by atoms with Gasteiger partial charge in [0, 0.05) is 6.07 Å². The van der Waals surface area contributed by atoms with E-state index in [0.717, 1.165) is 12.1 Å². The molecule has 0 saturated heterocycles. The van der Waals surface area contributed by atoms with Gasteiger partial charge in [0.15, 0.2) is 5.82 Å². The van der Waals surface area contributed by atoms with E-state index in [9.17, 15) is 13.6 Å². The highest BCUT2D eigenvalue weighted by Crippen LogP contribution is 2.12. The highest BCUT2D eigenvalue weighted by Gasteiger charge is 2.10. The van der Waals surface area contributed by atoms with Crippen molar-refractivity contribution in [1.82, 2.24) is 9.97 Å². The number of rotatable bonds is 3. The Hall–Kier alpha value is -2.08. The molecule has 0 spiro atoms. The summed E-state index contributed by atoms with van der Waals surface area (Å²) in [6.45, 7) is 0. The molecule has 1 aromatic heterocycles. The highest BCUT2D eigenvalue weighted by atomic mass is 35.5. The second-order valence-corrected chi connectivity index (χ2v) is 4.07. The van der Waals surface area contributed by atoms with E-state index in [4.69, 9.17) is 11.6 Å². The summed E-state index contributed by atoms with van der Waals surface area (Å²) >= 11 is 5.60. The summed E-state index contributed by atoms with van der Waals surface area (Å²) in [5.41, 5.74) is 0.0916. The van der Waals surface area contributed by atoms with E-state index in [0.29, 0.717) is 0 Å². The number of amides is 1. The van der Waals surface area contributed by atoms with Crippen LogP contribution in [-0.4, -0.2) is 15.9 Å². The van der Waals surface area contributed by atoms with Crippen LogP contribution in [0, 0.1) is 11.6 Å². The largest absolute Gasteiger partial charge is 0.309 e. The predicted molar refractivity (Wildman–Crippen MR) is 65.7 cm³/mol. The van der Waals surface area contributed by atoms with Gasteiger partial charge in [0.1, 0.15) is 16.8 Å². The number of hydrogen-bond donors (Lipinski definition) is 1. The molecule has 7 heteroatoms. The summed E-state index contributed by atoms with van der Waals surface area (Å²) < 4.78 is 26.0. The van der Waals surface area contributed by atoms with E-state index in [1.807, 2.05) is 0 Å². The molecule has 0 aliphatic rings. The van der Waals surface area contributed by atoms with Crippen molar-refractivity contribution in [3.63, 3.8) is 0 Å². The Morgan fingerprint density at radius 3 is 2.79 bits per heavy atom. The number of carbonyl (C=O) groups excluding carboxylic acids is 1. The number of hydrogen-bond acceptors (Lipinski definition) is 3. The number of anilines is 1. The zero-order valence-corrected chi connectivity index (χ0v) is 10.3. The maximum atomic E-state index is 13.3. The first-order valence-corrected chi connectivity index (χ1v) is 5.64. The Kier molecular flexibility index (Phi) is 4.01. The van der Waals surface area contributed by atoms with E-state index in [1.54, 1.807) is 0 Å². The third-order valence-corrected chi connectivity index (χ3v) is 2.42. The Morgan fingerprint density at radius 2 is 2.11 bits per heavy atom. The summed E-state index contributed by atoms with van der Waals surface area (Å²) in [6.07, 6.45) is 2.39.